The van der Waals surface area contributed by atoms with Crippen LogP contribution in [0.25, 0.3) is 0 Å². The number of carbonyl (C=O) groups excluding carboxylic acids is 2. The lowest BCUT2D eigenvalue weighted by molar-refractivity contribution is 0.0650. The maximum absolute atomic E-state index is 12.7. The van der Waals surface area contributed by atoms with E-state index in [4.69, 9.17) is 23.2 Å². The van der Waals surface area contributed by atoms with Gasteiger partial charge in [-0.15, -0.1) is 0 Å². The lowest BCUT2D eigenvalue weighted by atomic mass is 9.97. The van der Waals surface area contributed by atoms with Gasteiger partial charge in [0.05, 0.1) is 5.02 Å². The van der Waals surface area contributed by atoms with Gasteiger partial charge in [0.25, 0.3) is 11.8 Å². The second kappa shape index (κ2) is 8.69. The molecule has 0 atom stereocenters. The maximum Gasteiger partial charge on any atom is 0.275 e. The van der Waals surface area contributed by atoms with Gasteiger partial charge in [-0.3, -0.25) is 9.59 Å². The zero-order chi connectivity index (χ0) is 19.4. The van der Waals surface area contributed by atoms with E-state index in [1.165, 1.54) is 12.1 Å². The number of aromatic nitrogens is 1. The summed E-state index contributed by atoms with van der Waals surface area (Å²) in [5.74, 6) is -0.341. The highest BCUT2D eigenvalue weighted by molar-refractivity contribution is 6.35. The smallest absolute Gasteiger partial charge is 0.275 e. The van der Waals surface area contributed by atoms with Crippen LogP contribution in [0.2, 0.25) is 10.2 Å². The lowest BCUT2D eigenvalue weighted by Crippen LogP contribution is -2.39. The predicted octanol–water partition coefficient (Wildman–Crippen LogP) is 3.49. The van der Waals surface area contributed by atoms with Gasteiger partial charge >= 0.3 is 0 Å². The molecule has 2 heterocycles. The molecule has 0 saturated carbocycles. The molecule has 8 heteroatoms. The number of likely N-dealkylation sites (tertiary alicyclic amines) is 1. The molecule has 0 bridgehead atoms. The van der Waals surface area contributed by atoms with Gasteiger partial charge in [0.15, 0.2) is 0 Å². The lowest BCUT2D eigenvalue weighted by Gasteiger charge is -2.31. The van der Waals surface area contributed by atoms with E-state index in [-0.39, 0.29) is 34.3 Å². The molecule has 1 aliphatic heterocycles. The summed E-state index contributed by atoms with van der Waals surface area (Å²) in [5, 5.41) is 12.3. The average molecular weight is 408 g/mol. The number of aliphatic hydroxyl groups excluding tert-OH is 1. The van der Waals surface area contributed by atoms with Crippen molar-refractivity contribution in [2.24, 2.45) is 5.92 Å². The fourth-order valence-corrected chi connectivity index (χ4v) is 3.34. The molecule has 0 spiro atoms. The average Bonchev–Trinajstić information content (AvgIpc) is 2.69. The van der Waals surface area contributed by atoms with Crippen LogP contribution in [0.5, 0.6) is 0 Å². The molecule has 0 unspecified atom stereocenters. The normalized spacial score (nSPS) is 14.9. The van der Waals surface area contributed by atoms with Gasteiger partial charge in [-0.05, 0) is 49.1 Å². The fourth-order valence-electron chi connectivity index (χ4n) is 3.00. The minimum atomic E-state index is -0.504. The molecule has 2 N–H and O–H groups in total. The Morgan fingerprint density at radius 3 is 2.63 bits per heavy atom. The Morgan fingerprint density at radius 2 is 1.93 bits per heavy atom. The second-order valence-corrected chi connectivity index (χ2v) is 7.21. The van der Waals surface area contributed by atoms with E-state index in [2.05, 4.69) is 10.3 Å². The Bertz CT molecular complexity index is 852. The van der Waals surface area contributed by atoms with Crippen molar-refractivity contribution in [3.8, 4) is 0 Å². The Kier molecular flexibility index (Phi) is 6.31. The summed E-state index contributed by atoms with van der Waals surface area (Å²) in [6.45, 7) is 1.38. The standard InChI is InChI=1S/C19H19Cl2N3O3/c20-15-4-5-16(21)23-17(15)18(26)22-14-3-1-2-13(10-14)19(27)24-8-6-12(11-25)7-9-24/h1-5,10,12,25H,6-9,11H2,(H,22,26). The van der Waals surface area contributed by atoms with E-state index >= 15 is 0 Å². The number of piperidine rings is 1. The maximum atomic E-state index is 12.7. The number of carbonyl (C=O) groups is 2. The molecule has 1 aromatic heterocycles. The van der Waals surface area contributed by atoms with Gasteiger partial charge in [-0.2, -0.15) is 0 Å². The number of pyridine rings is 1. The Labute approximate surface area is 167 Å². The van der Waals surface area contributed by atoms with Gasteiger partial charge in [0.2, 0.25) is 0 Å². The van der Waals surface area contributed by atoms with Crippen molar-refractivity contribution in [3.05, 3.63) is 57.8 Å². The topological polar surface area (TPSA) is 82.5 Å². The minimum Gasteiger partial charge on any atom is -0.396 e. The molecule has 0 radical (unpaired) electrons. The van der Waals surface area contributed by atoms with Crippen LogP contribution >= 0.6 is 23.2 Å². The van der Waals surface area contributed by atoms with Crippen molar-refractivity contribution in [2.75, 3.05) is 25.0 Å². The molecule has 2 aromatic rings. The van der Waals surface area contributed by atoms with Crippen LogP contribution in [0.15, 0.2) is 36.4 Å². The SMILES string of the molecule is O=C(Nc1cccc(C(=O)N2CCC(CO)CC2)c1)c1nc(Cl)ccc1Cl. The van der Waals surface area contributed by atoms with Crippen LogP contribution in [0.3, 0.4) is 0 Å². The first-order valence-electron chi connectivity index (χ1n) is 8.61. The molecule has 2 amide bonds. The van der Waals surface area contributed by atoms with Gasteiger partial charge in [0.1, 0.15) is 10.8 Å². The van der Waals surface area contributed by atoms with Crippen molar-refractivity contribution in [2.45, 2.75) is 12.8 Å². The number of nitrogens with zero attached hydrogens (tertiary/aromatic N) is 2. The highest BCUT2D eigenvalue weighted by Crippen LogP contribution is 2.21. The molecule has 1 aromatic carbocycles. The first kappa shape index (κ1) is 19.6. The molecule has 1 aliphatic rings. The monoisotopic (exact) mass is 407 g/mol. The highest BCUT2D eigenvalue weighted by Gasteiger charge is 2.23. The zero-order valence-corrected chi connectivity index (χ0v) is 16.0. The summed E-state index contributed by atoms with van der Waals surface area (Å²) >= 11 is 11.8. The van der Waals surface area contributed by atoms with E-state index in [0.29, 0.717) is 24.3 Å². The van der Waals surface area contributed by atoms with Crippen molar-refractivity contribution < 1.29 is 14.7 Å². The summed E-state index contributed by atoms with van der Waals surface area (Å²) in [7, 11) is 0. The molecule has 3 rings (SSSR count). The first-order valence-corrected chi connectivity index (χ1v) is 9.37. The number of aliphatic hydroxyl groups is 1. The first-order chi connectivity index (χ1) is 13.0. The van der Waals surface area contributed by atoms with Crippen molar-refractivity contribution in [1.82, 2.24) is 9.88 Å². The molecule has 6 nitrogen and oxygen atoms in total. The van der Waals surface area contributed by atoms with Crippen LogP contribution in [0.4, 0.5) is 5.69 Å². The van der Waals surface area contributed by atoms with Gasteiger partial charge in [0, 0.05) is 30.9 Å². The summed E-state index contributed by atoms with van der Waals surface area (Å²) in [4.78, 5) is 30.8. The zero-order valence-electron chi connectivity index (χ0n) is 14.5. The van der Waals surface area contributed by atoms with Crippen LogP contribution in [0.1, 0.15) is 33.7 Å². The quantitative estimate of drug-likeness (QED) is 0.759. The van der Waals surface area contributed by atoms with Crippen LogP contribution in [-0.4, -0.2) is 46.5 Å². The number of halogens is 2. The molecule has 0 aliphatic carbocycles. The van der Waals surface area contributed by atoms with E-state index in [9.17, 15) is 14.7 Å². The molecule has 27 heavy (non-hydrogen) atoms. The largest absolute Gasteiger partial charge is 0.396 e. The van der Waals surface area contributed by atoms with Crippen molar-refractivity contribution in [3.63, 3.8) is 0 Å². The summed E-state index contributed by atoms with van der Waals surface area (Å²) in [5.41, 5.74) is 0.973. The number of amides is 2. The number of rotatable bonds is 4. The third-order valence-corrected chi connectivity index (χ3v) is 5.07. The van der Waals surface area contributed by atoms with E-state index in [0.717, 1.165) is 12.8 Å². The van der Waals surface area contributed by atoms with Gasteiger partial charge in [-0.25, -0.2) is 4.98 Å². The van der Waals surface area contributed by atoms with E-state index in [1.54, 1.807) is 29.2 Å². The summed E-state index contributed by atoms with van der Waals surface area (Å²) in [6, 6.07) is 9.72. The van der Waals surface area contributed by atoms with Crippen LogP contribution in [0, 0.1) is 5.92 Å². The van der Waals surface area contributed by atoms with Gasteiger partial charge < -0.3 is 15.3 Å². The number of anilines is 1. The van der Waals surface area contributed by atoms with Crippen molar-refractivity contribution in [1.29, 1.82) is 0 Å². The summed E-state index contributed by atoms with van der Waals surface area (Å²) < 4.78 is 0. The third-order valence-electron chi connectivity index (χ3n) is 4.55. The van der Waals surface area contributed by atoms with Gasteiger partial charge in [-0.1, -0.05) is 29.3 Å². The Morgan fingerprint density at radius 1 is 1.19 bits per heavy atom. The Hall–Kier alpha value is -2.15. The van der Waals surface area contributed by atoms with E-state index < -0.39 is 5.91 Å². The number of hydrogen-bond donors (Lipinski definition) is 2. The predicted molar refractivity (Wildman–Crippen MR) is 104 cm³/mol. The number of nitrogens with one attached hydrogen (secondary N) is 1. The number of hydrogen-bond acceptors (Lipinski definition) is 4. The third kappa shape index (κ3) is 4.77. The molecular formula is C19H19Cl2N3O3. The summed E-state index contributed by atoms with van der Waals surface area (Å²) in [6.07, 6.45) is 1.58. The highest BCUT2D eigenvalue weighted by atomic mass is 35.5. The van der Waals surface area contributed by atoms with Crippen LogP contribution < -0.4 is 5.32 Å². The molecule has 1 saturated heterocycles. The molecular weight excluding hydrogens is 389 g/mol. The van der Waals surface area contributed by atoms with Crippen molar-refractivity contribution >= 4 is 40.7 Å². The minimum absolute atomic E-state index is 0.0203. The molecule has 1 fully saturated rings. The second-order valence-electron chi connectivity index (χ2n) is 6.42. The van der Waals surface area contributed by atoms with E-state index in [1.807, 2.05) is 0 Å². The Balaban J connectivity index is 1.71. The fraction of sp³-hybridized carbons (Fsp3) is 0.316. The van der Waals surface area contributed by atoms with Crippen LogP contribution in [-0.2, 0) is 0 Å². The number of benzene rings is 1. The molecule has 142 valence electrons.